The molecule has 1 heterocycles. The number of pyridine rings is 1. The van der Waals surface area contributed by atoms with E-state index < -0.39 is 4.92 Å². The van der Waals surface area contributed by atoms with Crippen molar-refractivity contribution in [3.8, 4) is 0 Å². The number of nitrogens with one attached hydrogen (secondary N) is 1. The van der Waals surface area contributed by atoms with E-state index in [1.807, 2.05) is 0 Å². The molecule has 74 valence electrons. The fraction of sp³-hybridized carbons (Fsp3) is 0.444. The van der Waals surface area contributed by atoms with Crippen molar-refractivity contribution >= 4 is 11.5 Å². The normalized spacial score (nSPS) is 15.1. The molecule has 5 nitrogen and oxygen atoms in total. The molecule has 1 aromatic rings. The highest BCUT2D eigenvalue weighted by molar-refractivity contribution is 5.56. The summed E-state index contributed by atoms with van der Waals surface area (Å²) in [5, 5.41) is 13.6. The molecule has 0 aromatic carbocycles. The van der Waals surface area contributed by atoms with Crippen LogP contribution in [0.3, 0.4) is 0 Å². The standard InChI is InChI=1S/C9H11N3O2/c13-12(14)9-8(2-1-5-10-9)11-6-7-3-4-7/h1-2,5,7,11H,3-4,6H2. The Morgan fingerprint density at radius 3 is 3.07 bits per heavy atom. The van der Waals surface area contributed by atoms with Gasteiger partial charge in [0.05, 0.1) is 0 Å². The van der Waals surface area contributed by atoms with Crippen LogP contribution in [0.5, 0.6) is 0 Å². The fourth-order valence-electron chi connectivity index (χ4n) is 1.26. The Hall–Kier alpha value is -1.65. The lowest BCUT2D eigenvalue weighted by molar-refractivity contribution is -0.388. The van der Waals surface area contributed by atoms with Crippen molar-refractivity contribution < 1.29 is 4.92 Å². The van der Waals surface area contributed by atoms with Crippen LogP contribution in [-0.2, 0) is 0 Å². The average Bonchev–Trinajstić information content (AvgIpc) is 2.98. The summed E-state index contributed by atoms with van der Waals surface area (Å²) in [5.41, 5.74) is 0.518. The summed E-state index contributed by atoms with van der Waals surface area (Å²) >= 11 is 0. The molecule has 1 N–H and O–H groups in total. The molecule has 1 aliphatic rings. The first-order chi connectivity index (χ1) is 6.77. The Balaban J connectivity index is 2.09. The van der Waals surface area contributed by atoms with Crippen LogP contribution in [0.2, 0.25) is 0 Å². The van der Waals surface area contributed by atoms with Gasteiger partial charge in [0.15, 0.2) is 0 Å². The number of hydrogen-bond acceptors (Lipinski definition) is 4. The predicted octanol–water partition coefficient (Wildman–Crippen LogP) is 1.81. The summed E-state index contributed by atoms with van der Waals surface area (Å²) < 4.78 is 0. The maximum Gasteiger partial charge on any atom is 0.386 e. The molecule has 14 heavy (non-hydrogen) atoms. The summed E-state index contributed by atoms with van der Waals surface area (Å²) in [6.07, 6.45) is 3.88. The summed E-state index contributed by atoms with van der Waals surface area (Å²) in [6.45, 7) is 0.812. The van der Waals surface area contributed by atoms with Crippen molar-refractivity contribution in [2.45, 2.75) is 12.8 Å². The first kappa shape index (κ1) is 8.93. The molecule has 0 spiro atoms. The molecule has 0 saturated heterocycles. The van der Waals surface area contributed by atoms with Gasteiger partial charge in [-0.3, -0.25) is 0 Å². The Bertz CT molecular complexity index is 350. The minimum absolute atomic E-state index is 0.0897. The molecule has 1 fully saturated rings. The van der Waals surface area contributed by atoms with E-state index in [0.717, 1.165) is 6.54 Å². The van der Waals surface area contributed by atoms with E-state index in [-0.39, 0.29) is 5.82 Å². The number of nitrogens with zero attached hydrogens (tertiary/aromatic N) is 2. The molecule has 0 bridgehead atoms. The third-order valence-corrected chi connectivity index (χ3v) is 2.24. The second kappa shape index (κ2) is 3.61. The van der Waals surface area contributed by atoms with E-state index in [0.29, 0.717) is 11.6 Å². The van der Waals surface area contributed by atoms with Crippen LogP contribution in [0.25, 0.3) is 0 Å². The molecule has 0 atom stereocenters. The lowest BCUT2D eigenvalue weighted by Gasteiger charge is -2.04. The Morgan fingerprint density at radius 2 is 2.43 bits per heavy atom. The zero-order valence-corrected chi connectivity index (χ0v) is 7.64. The van der Waals surface area contributed by atoms with Gasteiger partial charge >= 0.3 is 5.82 Å². The number of nitro groups is 1. The van der Waals surface area contributed by atoms with E-state index in [4.69, 9.17) is 0 Å². The zero-order valence-electron chi connectivity index (χ0n) is 7.64. The third-order valence-electron chi connectivity index (χ3n) is 2.24. The van der Waals surface area contributed by atoms with E-state index in [1.165, 1.54) is 19.0 Å². The smallest absolute Gasteiger partial charge is 0.378 e. The summed E-state index contributed by atoms with van der Waals surface area (Å²) in [5.74, 6) is 0.600. The third kappa shape index (κ3) is 1.99. The monoisotopic (exact) mass is 193 g/mol. The van der Waals surface area contributed by atoms with E-state index in [1.54, 1.807) is 12.1 Å². The largest absolute Gasteiger partial charge is 0.386 e. The minimum Gasteiger partial charge on any atom is -0.378 e. The zero-order chi connectivity index (χ0) is 9.97. The number of rotatable bonds is 4. The van der Waals surface area contributed by atoms with Crippen LogP contribution in [-0.4, -0.2) is 16.5 Å². The van der Waals surface area contributed by atoms with Gasteiger partial charge in [0.25, 0.3) is 0 Å². The van der Waals surface area contributed by atoms with Gasteiger partial charge in [-0.25, -0.2) is 0 Å². The highest BCUT2D eigenvalue weighted by atomic mass is 16.6. The Labute approximate surface area is 81.3 Å². The van der Waals surface area contributed by atoms with E-state index in [2.05, 4.69) is 10.3 Å². The van der Waals surface area contributed by atoms with Crippen molar-refractivity contribution in [2.24, 2.45) is 5.92 Å². The van der Waals surface area contributed by atoms with Crippen molar-refractivity contribution in [2.75, 3.05) is 11.9 Å². The second-order valence-corrected chi connectivity index (χ2v) is 3.46. The molecule has 1 saturated carbocycles. The van der Waals surface area contributed by atoms with Gasteiger partial charge in [0.1, 0.15) is 11.9 Å². The van der Waals surface area contributed by atoms with Gasteiger partial charge in [0, 0.05) is 6.54 Å². The van der Waals surface area contributed by atoms with Crippen LogP contribution in [0, 0.1) is 16.0 Å². The quantitative estimate of drug-likeness (QED) is 0.585. The lowest BCUT2D eigenvalue weighted by Crippen LogP contribution is -2.06. The molecular formula is C9H11N3O2. The van der Waals surface area contributed by atoms with E-state index in [9.17, 15) is 10.1 Å². The van der Waals surface area contributed by atoms with Crippen molar-refractivity contribution in [3.63, 3.8) is 0 Å². The van der Waals surface area contributed by atoms with Crippen LogP contribution in [0.1, 0.15) is 12.8 Å². The van der Waals surface area contributed by atoms with Crippen LogP contribution in [0.15, 0.2) is 18.3 Å². The van der Waals surface area contributed by atoms with Crippen molar-refractivity contribution in [3.05, 3.63) is 28.4 Å². The Kier molecular flexibility index (Phi) is 2.30. The first-order valence-corrected chi connectivity index (χ1v) is 4.60. The number of anilines is 1. The first-order valence-electron chi connectivity index (χ1n) is 4.60. The average molecular weight is 193 g/mol. The SMILES string of the molecule is O=[N+]([O-])c1ncccc1NCC1CC1. The Morgan fingerprint density at radius 1 is 1.64 bits per heavy atom. The lowest BCUT2D eigenvalue weighted by atomic mass is 10.3. The van der Waals surface area contributed by atoms with Crippen LogP contribution in [0.4, 0.5) is 11.5 Å². The van der Waals surface area contributed by atoms with Gasteiger partial charge in [-0.05, 0) is 40.8 Å². The van der Waals surface area contributed by atoms with Crippen molar-refractivity contribution in [1.29, 1.82) is 0 Å². The summed E-state index contributed by atoms with van der Waals surface area (Å²) in [7, 11) is 0. The van der Waals surface area contributed by atoms with Gasteiger partial charge < -0.3 is 15.4 Å². The second-order valence-electron chi connectivity index (χ2n) is 3.46. The number of aromatic nitrogens is 1. The highest BCUT2D eigenvalue weighted by Crippen LogP contribution is 2.30. The maximum atomic E-state index is 10.6. The minimum atomic E-state index is -0.463. The highest BCUT2D eigenvalue weighted by Gasteiger charge is 2.22. The molecule has 0 amide bonds. The molecule has 5 heteroatoms. The summed E-state index contributed by atoms with van der Waals surface area (Å²) in [6, 6.07) is 3.38. The number of hydrogen-bond donors (Lipinski definition) is 1. The molecule has 1 aliphatic carbocycles. The predicted molar refractivity (Wildman–Crippen MR) is 52.1 cm³/mol. The van der Waals surface area contributed by atoms with Gasteiger partial charge in [-0.1, -0.05) is 0 Å². The maximum absolute atomic E-state index is 10.6. The summed E-state index contributed by atoms with van der Waals surface area (Å²) in [4.78, 5) is 13.8. The van der Waals surface area contributed by atoms with Crippen molar-refractivity contribution in [1.82, 2.24) is 4.98 Å². The van der Waals surface area contributed by atoms with E-state index >= 15 is 0 Å². The van der Waals surface area contributed by atoms with Gasteiger partial charge in [0.2, 0.25) is 0 Å². The fourth-order valence-corrected chi connectivity index (χ4v) is 1.26. The molecule has 2 rings (SSSR count). The molecule has 0 unspecified atom stereocenters. The molecular weight excluding hydrogens is 182 g/mol. The van der Waals surface area contributed by atoms with Gasteiger partial charge in [-0.2, -0.15) is 0 Å². The van der Waals surface area contributed by atoms with Crippen LogP contribution >= 0.6 is 0 Å². The van der Waals surface area contributed by atoms with Gasteiger partial charge in [-0.15, -0.1) is 0 Å². The molecule has 0 radical (unpaired) electrons. The molecule has 1 aromatic heterocycles. The molecule has 0 aliphatic heterocycles. The topological polar surface area (TPSA) is 68.1 Å². The van der Waals surface area contributed by atoms with Crippen LogP contribution < -0.4 is 5.32 Å².